The molecule has 1 aromatic heterocycles. The summed E-state index contributed by atoms with van der Waals surface area (Å²) < 4.78 is 40.2. The van der Waals surface area contributed by atoms with Crippen LogP contribution in [0.5, 0.6) is 5.88 Å². The first kappa shape index (κ1) is 16.2. The van der Waals surface area contributed by atoms with Crippen LogP contribution in [0.3, 0.4) is 0 Å². The summed E-state index contributed by atoms with van der Waals surface area (Å²) in [5, 5.41) is 5.49. The second-order valence-electron chi connectivity index (χ2n) is 4.37. The molecule has 0 radical (unpaired) electrons. The monoisotopic (exact) mass is 291 g/mol. The van der Waals surface area contributed by atoms with Crippen molar-refractivity contribution in [2.24, 2.45) is 0 Å². The van der Waals surface area contributed by atoms with Gasteiger partial charge in [0.25, 0.3) is 0 Å². The first-order chi connectivity index (χ1) is 9.26. The molecule has 2 N–H and O–H groups in total. The summed E-state index contributed by atoms with van der Waals surface area (Å²) in [4.78, 5) is 15.2. The van der Waals surface area contributed by atoms with Crippen LogP contribution in [0.1, 0.15) is 13.8 Å². The topological polar surface area (TPSA) is 63.2 Å². The van der Waals surface area contributed by atoms with Gasteiger partial charge in [-0.1, -0.05) is 13.8 Å². The largest absolute Gasteiger partial charge is 0.468 e. The first-order valence-electron chi connectivity index (χ1n) is 5.95. The Bertz CT molecular complexity index is 433. The minimum atomic E-state index is -4.41. The van der Waals surface area contributed by atoms with E-state index in [1.807, 2.05) is 13.8 Å². The van der Waals surface area contributed by atoms with Crippen LogP contribution in [-0.2, 0) is 4.79 Å². The van der Waals surface area contributed by atoms with Crippen molar-refractivity contribution in [3.8, 4) is 5.88 Å². The first-order valence-corrected chi connectivity index (χ1v) is 5.95. The van der Waals surface area contributed by atoms with Gasteiger partial charge in [-0.25, -0.2) is 4.98 Å². The van der Waals surface area contributed by atoms with E-state index in [0.29, 0.717) is 5.69 Å². The van der Waals surface area contributed by atoms with Crippen LogP contribution in [0.15, 0.2) is 18.3 Å². The third-order valence-corrected chi connectivity index (χ3v) is 2.07. The van der Waals surface area contributed by atoms with Gasteiger partial charge in [0.1, 0.15) is 0 Å². The van der Waals surface area contributed by atoms with Gasteiger partial charge in [-0.05, 0) is 6.07 Å². The van der Waals surface area contributed by atoms with E-state index in [0.717, 1.165) is 0 Å². The predicted octanol–water partition coefficient (Wildman–Crippen LogP) is 1.96. The number of halogens is 3. The number of rotatable bonds is 6. The summed E-state index contributed by atoms with van der Waals surface area (Å²) in [5.74, 6) is -0.412. The second-order valence-corrected chi connectivity index (χ2v) is 4.37. The average Bonchev–Trinajstić information content (AvgIpc) is 2.34. The highest BCUT2D eigenvalue weighted by Crippen LogP contribution is 2.17. The van der Waals surface area contributed by atoms with E-state index in [4.69, 9.17) is 0 Å². The zero-order valence-electron chi connectivity index (χ0n) is 11.1. The normalized spacial score (nSPS) is 11.5. The number of pyridine rings is 1. The number of carbonyl (C=O) groups is 1. The summed E-state index contributed by atoms with van der Waals surface area (Å²) >= 11 is 0. The molecule has 0 bridgehead atoms. The molecule has 112 valence electrons. The van der Waals surface area contributed by atoms with E-state index in [1.165, 1.54) is 18.3 Å². The van der Waals surface area contributed by atoms with Gasteiger partial charge >= 0.3 is 6.18 Å². The third-order valence-electron chi connectivity index (χ3n) is 2.07. The molecule has 8 heteroatoms. The molecule has 0 saturated heterocycles. The molecule has 1 rings (SSSR count). The lowest BCUT2D eigenvalue weighted by molar-refractivity contribution is -0.154. The zero-order valence-corrected chi connectivity index (χ0v) is 11.1. The molecule has 0 aromatic carbocycles. The number of nitrogens with zero attached hydrogens (tertiary/aromatic N) is 1. The molecule has 1 aromatic rings. The third kappa shape index (κ3) is 6.93. The maximum absolute atomic E-state index is 11.9. The maximum atomic E-state index is 11.9. The van der Waals surface area contributed by atoms with Crippen molar-refractivity contribution in [2.75, 3.05) is 18.5 Å². The van der Waals surface area contributed by atoms with Crippen molar-refractivity contribution in [1.29, 1.82) is 0 Å². The van der Waals surface area contributed by atoms with Crippen LogP contribution in [0, 0.1) is 0 Å². The lowest BCUT2D eigenvalue weighted by Crippen LogP contribution is -2.32. The fourth-order valence-corrected chi connectivity index (χ4v) is 1.20. The van der Waals surface area contributed by atoms with E-state index in [9.17, 15) is 18.0 Å². The van der Waals surface area contributed by atoms with Gasteiger partial charge in [-0.15, -0.1) is 0 Å². The van der Waals surface area contributed by atoms with E-state index in [-0.39, 0.29) is 24.4 Å². The quantitative estimate of drug-likeness (QED) is 0.841. The smallest absolute Gasteiger partial charge is 0.422 e. The lowest BCUT2D eigenvalue weighted by atomic mass is 10.3. The highest BCUT2D eigenvalue weighted by atomic mass is 19.4. The molecule has 20 heavy (non-hydrogen) atoms. The van der Waals surface area contributed by atoms with Gasteiger partial charge in [-0.3, -0.25) is 4.79 Å². The van der Waals surface area contributed by atoms with E-state index in [1.54, 1.807) is 0 Å². The zero-order chi connectivity index (χ0) is 15.2. The highest BCUT2D eigenvalue weighted by Gasteiger charge is 2.28. The van der Waals surface area contributed by atoms with Gasteiger partial charge in [0.15, 0.2) is 6.61 Å². The molecular weight excluding hydrogens is 275 g/mol. The molecular formula is C12H16F3N3O2. The summed E-state index contributed by atoms with van der Waals surface area (Å²) in [5.41, 5.74) is 0.389. The van der Waals surface area contributed by atoms with Crippen LogP contribution in [0.2, 0.25) is 0 Å². The predicted molar refractivity (Wildman–Crippen MR) is 67.6 cm³/mol. The van der Waals surface area contributed by atoms with E-state index in [2.05, 4.69) is 20.4 Å². The SMILES string of the molecule is CC(C)NCC(=O)Nc1ccc(OCC(F)(F)F)nc1. The molecule has 0 unspecified atom stereocenters. The molecule has 0 aliphatic heterocycles. The molecule has 1 heterocycles. The van der Waals surface area contributed by atoms with Gasteiger partial charge in [0.2, 0.25) is 11.8 Å². The Hall–Kier alpha value is -1.83. The number of ether oxygens (including phenoxy) is 1. The second kappa shape index (κ2) is 7.09. The van der Waals surface area contributed by atoms with Gasteiger partial charge < -0.3 is 15.4 Å². The molecule has 0 aliphatic rings. The van der Waals surface area contributed by atoms with Crippen LogP contribution in [0.4, 0.5) is 18.9 Å². The number of hydrogen-bond acceptors (Lipinski definition) is 4. The minimum Gasteiger partial charge on any atom is -0.468 e. The van der Waals surface area contributed by atoms with Crippen molar-refractivity contribution < 1.29 is 22.7 Å². The van der Waals surface area contributed by atoms with Crippen molar-refractivity contribution in [3.05, 3.63) is 18.3 Å². The number of amides is 1. The van der Waals surface area contributed by atoms with E-state index < -0.39 is 12.8 Å². The number of alkyl halides is 3. The Balaban J connectivity index is 2.44. The molecule has 5 nitrogen and oxygen atoms in total. The molecule has 0 atom stereocenters. The summed E-state index contributed by atoms with van der Waals surface area (Å²) in [6.07, 6.45) is -3.17. The molecule has 0 fully saturated rings. The fraction of sp³-hybridized carbons (Fsp3) is 0.500. The average molecular weight is 291 g/mol. The summed E-state index contributed by atoms with van der Waals surface area (Å²) in [6.45, 7) is 2.55. The molecule has 0 saturated carbocycles. The van der Waals surface area contributed by atoms with Crippen LogP contribution in [0.25, 0.3) is 0 Å². The van der Waals surface area contributed by atoms with Gasteiger partial charge in [-0.2, -0.15) is 13.2 Å². The van der Waals surface area contributed by atoms with Gasteiger partial charge in [0, 0.05) is 12.1 Å². The van der Waals surface area contributed by atoms with E-state index >= 15 is 0 Å². The number of hydrogen-bond donors (Lipinski definition) is 2. The van der Waals surface area contributed by atoms with Crippen molar-refractivity contribution in [2.45, 2.75) is 26.1 Å². The molecule has 0 aliphatic carbocycles. The van der Waals surface area contributed by atoms with Crippen molar-refractivity contribution >= 4 is 11.6 Å². The van der Waals surface area contributed by atoms with Crippen LogP contribution >= 0.6 is 0 Å². The minimum absolute atomic E-state index is 0.143. The molecule has 1 amide bonds. The lowest BCUT2D eigenvalue weighted by Gasteiger charge is -2.10. The van der Waals surface area contributed by atoms with Gasteiger partial charge in [0.05, 0.1) is 18.4 Å². The van der Waals surface area contributed by atoms with Crippen LogP contribution in [-0.4, -0.2) is 36.3 Å². The Kier molecular flexibility index (Phi) is 5.75. The summed E-state index contributed by atoms with van der Waals surface area (Å²) in [6, 6.07) is 2.86. The fourth-order valence-electron chi connectivity index (χ4n) is 1.20. The van der Waals surface area contributed by atoms with Crippen molar-refractivity contribution in [1.82, 2.24) is 10.3 Å². The number of anilines is 1. The number of nitrogens with one attached hydrogen (secondary N) is 2. The van der Waals surface area contributed by atoms with Crippen LogP contribution < -0.4 is 15.4 Å². The maximum Gasteiger partial charge on any atom is 0.422 e. The Morgan fingerprint density at radius 1 is 1.40 bits per heavy atom. The number of aromatic nitrogens is 1. The molecule has 0 spiro atoms. The Morgan fingerprint density at radius 3 is 2.60 bits per heavy atom. The number of carbonyl (C=O) groups excluding carboxylic acids is 1. The highest BCUT2D eigenvalue weighted by molar-refractivity contribution is 5.92. The standard InChI is InChI=1S/C12H16F3N3O2/c1-8(2)16-6-10(19)18-9-3-4-11(17-5-9)20-7-12(13,14)15/h3-5,8,16H,6-7H2,1-2H3,(H,18,19). The van der Waals surface area contributed by atoms with Crippen molar-refractivity contribution in [3.63, 3.8) is 0 Å². The summed E-state index contributed by atoms with van der Waals surface area (Å²) in [7, 11) is 0. The Morgan fingerprint density at radius 2 is 2.10 bits per heavy atom. The Labute approximate surface area is 114 Å².